The normalized spacial score (nSPS) is 10.2. The zero-order chi connectivity index (χ0) is 15.0. The molecular formula is C15H10N6. The number of aromatic amines is 1. The van der Waals surface area contributed by atoms with E-state index < -0.39 is 0 Å². The van der Waals surface area contributed by atoms with Crippen LogP contribution < -0.4 is 5.73 Å². The van der Waals surface area contributed by atoms with Crippen molar-refractivity contribution in [2.24, 2.45) is 0 Å². The van der Waals surface area contributed by atoms with Gasteiger partial charge in [0.15, 0.2) is 0 Å². The maximum Gasteiger partial charge on any atom is 0.222 e. The molecule has 0 radical (unpaired) electrons. The van der Waals surface area contributed by atoms with E-state index in [9.17, 15) is 0 Å². The van der Waals surface area contributed by atoms with E-state index in [1.807, 2.05) is 25.1 Å². The van der Waals surface area contributed by atoms with E-state index in [2.05, 4.69) is 15.0 Å². The van der Waals surface area contributed by atoms with Gasteiger partial charge in [-0.25, -0.2) is 4.98 Å². The van der Waals surface area contributed by atoms with Crippen LogP contribution in [-0.4, -0.2) is 15.0 Å². The summed E-state index contributed by atoms with van der Waals surface area (Å²) in [5, 5.41) is 19.0. The Morgan fingerprint density at radius 1 is 1.05 bits per heavy atom. The van der Waals surface area contributed by atoms with Crippen LogP contribution in [0.3, 0.4) is 0 Å². The van der Waals surface area contributed by atoms with Gasteiger partial charge in [-0.2, -0.15) is 15.5 Å². The summed E-state index contributed by atoms with van der Waals surface area (Å²) >= 11 is 0. The van der Waals surface area contributed by atoms with Crippen molar-refractivity contribution in [1.82, 2.24) is 15.0 Å². The van der Waals surface area contributed by atoms with Crippen LogP contribution in [0.2, 0.25) is 0 Å². The Kier molecular flexibility index (Phi) is 2.78. The number of hydrogen-bond donors (Lipinski definition) is 2. The molecule has 0 aliphatic rings. The smallest absolute Gasteiger partial charge is 0.222 e. The first kappa shape index (κ1) is 12.6. The average Bonchev–Trinajstić information content (AvgIpc) is 2.85. The van der Waals surface area contributed by atoms with Gasteiger partial charge in [0.25, 0.3) is 0 Å². The van der Waals surface area contributed by atoms with Gasteiger partial charge >= 0.3 is 0 Å². The van der Waals surface area contributed by atoms with Crippen molar-refractivity contribution in [3.8, 4) is 23.4 Å². The number of rotatable bonds is 1. The van der Waals surface area contributed by atoms with Gasteiger partial charge < -0.3 is 10.7 Å². The van der Waals surface area contributed by atoms with Crippen LogP contribution in [0.25, 0.3) is 22.3 Å². The van der Waals surface area contributed by atoms with Crippen molar-refractivity contribution in [2.45, 2.75) is 6.92 Å². The molecule has 0 saturated heterocycles. The lowest BCUT2D eigenvalue weighted by Gasteiger charge is -2.05. The monoisotopic (exact) mass is 274 g/mol. The van der Waals surface area contributed by atoms with Crippen LogP contribution >= 0.6 is 0 Å². The fourth-order valence-electron chi connectivity index (χ4n) is 2.27. The quantitative estimate of drug-likeness (QED) is 0.706. The minimum Gasteiger partial charge on any atom is -0.368 e. The van der Waals surface area contributed by atoms with Crippen molar-refractivity contribution in [3.05, 3.63) is 41.1 Å². The molecule has 21 heavy (non-hydrogen) atoms. The van der Waals surface area contributed by atoms with Crippen molar-refractivity contribution >= 4 is 17.0 Å². The molecule has 1 aromatic carbocycles. The standard InChI is InChI=1S/C15H10N6/c1-8-2-12-13(20-15(18)21-14(12)19-8)11-4-9(6-16)3-10(5-11)7-17/h2-5H,1H3,(H3,18,19,20,21). The van der Waals surface area contributed by atoms with Crippen LogP contribution in [0.15, 0.2) is 24.3 Å². The Labute approximate surface area is 120 Å². The molecule has 0 aliphatic heterocycles. The van der Waals surface area contributed by atoms with E-state index in [-0.39, 0.29) is 5.95 Å². The van der Waals surface area contributed by atoms with Gasteiger partial charge in [-0.3, -0.25) is 0 Å². The number of nitriles is 2. The molecule has 0 saturated carbocycles. The molecule has 6 nitrogen and oxygen atoms in total. The number of hydrogen-bond acceptors (Lipinski definition) is 5. The van der Waals surface area contributed by atoms with Crippen LogP contribution in [-0.2, 0) is 0 Å². The van der Waals surface area contributed by atoms with Crippen molar-refractivity contribution in [2.75, 3.05) is 5.73 Å². The van der Waals surface area contributed by atoms with Crippen LogP contribution in [0.1, 0.15) is 16.8 Å². The number of nitrogens with one attached hydrogen (secondary N) is 1. The van der Waals surface area contributed by atoms with Crippen molar-refractivity contribution in [1.29, 1.82) is 10.5 Å². The van der Waals surface area contributed by atoms with Crippen molar-refractivity contribution < 1.29 is 0 Å². The molecule has 3 rings (SSSR count). The van der Waals surface area contributed by atoms with Crippen LogP contribution in [0.5, 0.6) is 0 Å². The van der Waals surface area contributed by atoms with Crippen LogP contribution in [0, 0.1) is 29.6 Å². The summed E-state index contributed by atoms with van der Waals surface area (Å²) in [6, 6.07) is 10.9. The lowest BCUT2D eigenvalue weighted by atomic mass is 10.0. The molecule has 100 valence electrons. The van der Waals surface area contributed by atoms with E-state index in [0.717, 1.165) is 11.1 Å². The Morgan fingerprint density at radius 2 is 1.71 bits per heavy atom. The summed E-state index contributed by atoms with van der Waals surface area (Å²) in [4.78, 5) is 11.5. The molecular weight excluding hydrogens is 264 g/mol. The first-order valence-corrected chi connectivity index (χ1v) is 6.19. The highest BCUT2D eigenvalue weighted by Crippen LogP contribution is 2.28. The molecule has 2 aromatic heterocycles. The second-order valence-electron chi connectivity index (χ2n) is 4.67. The zero-order valence-electron chi connectivity index (χ0n) is 11.2. The van der Waals surface area contributed by atoms with Gasteiger partial charge in [0, 0.05) is 16.6 Å². The number of H-pyrrole nitrogens is 1. The van der Waals surface area contributed by atoms with Gasteiger partial charge in [0.05, 0.1) is 29.0 Å². The molecule has 0 unspecified atom stereocenters. The Bertz CT molecular complexity index is 907. The molecule has 0 aliphatic carbocycles. The fourth-order valence-corrected chi connectivity index (χ4v) is 2.27. The molecule has 0 spiro atoms. The molecule has 0 atom stereocenters. The molecule has 0 bridgehead atoms. The van der Waals surface area contributed by atoms with Gasteiger partial charge in [0.2, 0.25) is 5.95 Å². The minimum absolute atomic E-state index is 0.139. The third-order valence-electron chi connectivity index (χ3n) is 3.10. The second kappa shape index (κ2) is 4.62. The number of nitrogen functional groups attached to an aromatic ring is 1. The average molecular weight is 274 g/mol. The topological polar surface area (TPSA) is 115 Å². The number of benzene rings is 1. The Morgan fingerprint density at radius 3 is 2.33 bits per heavy atom. The summed E-state index contributed by atoms with van der Waals surface area (Å²) in [7, 11) is 0. The highest BCUT2D eigenvalue weighted by Gasteiger charge is 2.12. The molecule has 3 aromatic rings. The molecule has 6 heteroatoms. The number of aromatic nitrogens is 3. The Balaban J connectivity index is 2.35. The summed E-state index contributed by atoms with van der Waals surface area (Å²) in [5.74, 6) is 0.139. The summed E-state index contributed by atoms with van der Waals surface area (Å²) < 4.78 is 0. The number of fused-ring (bicyclic) bond motifs is 1. The number of anilines is 1. The maximum atomic E-state index is 9.08. The van der Waals surface area contributed by atoms with Gasteiger partial charge in [0.1, 0.15) is 5.65 Å². The third-order valence-corrected chi connectivity index (χ3v) is 3.10. The maximum absolute atomic E-state index is 9.08. The largest absolute Gasteiger partial charge is 0.368 e. The summed E-state index contributed by atoms with van der Waals surface area (Å²) in [6.07, 6.45) is 0. The number of nitrogens with zero attached hydrogens (tertiary/aromatic N) is 4. The highest BCUT2D eigenvalue weighted by molar-refractivity contribution is 5.92. The lowest BCUT2D eigenvalue weighted by molar-refractivity contribution is 1.20. The van der Waals surface area contributed by atoms with Gasteiger partial charge in [-0.05, 0) is 31.2 Å². The number of aryl methyl sites for hydroxylation is 1. The van der Waals surface area contributed by atoms with E-state index in [0.29, 0.717) is 28.0 Å². The first-order chi connectivity index (χ1) is 10.1. The van der Waals surface area contributed by atoms with Crippen molar-refractivity contribution in [3.63, 3.8) is 0 Å². The van der Waals surface area contributed by atoms with E-state index >= 15 is 0 Å². The third kappa shape index (κ3) is 2.15. The molecule has 0 fully saturated rings. The van der Waals surface area contributed by atoms with E-state index in [4.69, 9.17) is 16.3 Å². The first-order valence-electron chi connectivity index (χ1n) is 6.19. The van der Waals surface area contributed by atoms with Gasteiger partial charge in [-0.15, -0.1) is 0 Å². The van der Waals surface area contributed by atoms with E-state index in [1.165, 1.54) is 6.07 Å². The number of nitrogens with two attached hydrogens (primary N) is 1. The molecule has 0 amide bonds. The van der Waals surface area contributed by atoms with Gasteiger partial charge in [-0.1, -0.05) is 0 Å². The second-order valence-corrected chi connectivity index (χ2v) is 4.67. The Hall–Kier alpha value is -3.38. The predicted octanol–water partition coefficient (Wildman–Crippen LogP) is 2.26. The SMILES string of the molecule is Cc1cc2c(-c3cc(C#N)cc(C#N)c3)nc(N)nc2[nH]1. The van der Waals surface area contributed by atoms with Crippen LogP contribution in [0.4, 0.5) is 5.95 Å². The molecule has 2 heterocycles. The zero-order valence-corrected chi connectivity index (χ0v) is 11.2. The predicted molar refractivity (Wildman–Crippen MR) is 77.9 cm³/mol. The summed E-state index contributed by atoms with van der Waals surface area (Å²) in [5.41, 5.74) is 9.39. The summed E-state index contributed by atoms with van der Waals surface area (Å²) in [6.45, 7) is 1.91. The van der Waals surface area contributed by atoms with E-state index in [1.54, 1.807) is 12.1 Å². The molecule has 3 N–H and O–H groups in total. The lowest BCUT2D eigenvalue weighted by Crippen LogP contribution is -1.98. The highest BCUT2D eigenvalue weighted by atomic mass is 15.0. The fraction of sp³-hybridized carbons (Fsp3) is 0.0667. The minimum atomic E-state index is 0.139.